The van der Waals surface area contributed by atoms with Gasteiger partial charge in [0.15, 0.2) is 0 Å². The van der Waals surface area contributed by atoms with Gasteiger partial charge < -0.3 is 16.0 Å². The Hall–Kier alpha value is -3.36. The van der Waals surface area contributed by atoms with Gasteiger partial charge in [0, 0.05) is 28.1 Å². The number of amidine groups is 1. The molecule has 10 heteroatoms. The fourth-order valence-electron chi connectivity index (χ4n) is 5.81. The molecule has 3 atom stereocenters. The van der Waals surface area contributed by atoms with E-state index in [0.717, 1.165) is 21.7 Å². The van der Waals surface area contributed by atoms with E-state index in [1.165, 1.54) is 0 Å². The van der Waals surface area contributed by atoms with Crippen molar-refractivity contribution in [2.45, 2.75) is 37.1 Å². The summed E-state index contributed by atoms with van der Waals surface area (Å²) < 4.78 is 0. The Morgan fingerprint density at radius 2 is 1.97 bits per heavy atom. The molecule has 3 aliphatic rings. The van der Waals surface area contributed by atoms with Crippen LogP contribution in [-0.2, 0) is 19.8 Å². The average molecular weight is 526 g/mol. The Labute approximate surface area is 218 Å². The molecule has 0 unspecified atom stereocenters. The van der Waals surface area contributed by atoms with Gasteiger partial charge in [-0.25, -0.2) is 5.01 Å². The summed E-state index contributed by atoms with van der Waals surface area (Å²) in [5.74, 6) is -1.05. The maximum Gasteiger partial charge on any atom is 0.262 e. The molecule has 8 nitrogen and oxygen atoms in total. The van der Waals surface area contributed by atoms with E-state index in [0.29, 0.717) is 34.4 Å². The van der Waals surface area contributed by atoms with E-state index < -0.39 is 23.3 Å². The van der Waals surface area contributed by atoms with Crippen LogP contribution in [-0.4, -0.2) is 52.6 Å². The number of fused-ring (bicyclic) bond motifs is 3. The zero-order chi connectivity index (χ0) is 25.8. The van der Waals surface area contributed by atoms with Gasteiger partial charge >= 0.3 is 0 Å². The number of hydrazone groups is 1. The molecular weight excluding hydrogens is 501 g/mol. The van der Waals surface area contributed by atoms with E-state index in [9.17, 15) is 14.4 Å². The molecule has 1 spiro atoms. The highest BCUT2D eigenvalue weighted by Crippen LogP contribution is 2.57. The number of piperidine rings is 1. The fourth-order valence-corrected chi connectivity index (χ4v) is 6.18. The lowest BCUT2D eigenvalue weighted by Crippen LogP contribution is -2.66. The second-order valence-corrected chi connectivity index (χ2v) is 10.2. The maximum atomic E-state index is 14.1. The van der Waals surface area contributed by atoms with Crippen LogP contribution >= 0.6 is 23.2 Å². The molecule has 3 amide bonds. The quantitative estimate of drug-likeness (QED) is 0.580. The van der Waals surface area contributed by atoms with Gasteiger partial charge in [-0.3, -0.25) is 14.4 Å². The molecule has 1 saturated heterocycles. The van der Waals surface area contributed by atoms with Crippen molar-refractivity contribution in [3.8, 4) is 0 Å². The number of benzene rings is 2. The van der Waals surface area contributed by atoms with Gasteiger partial charge in [-0.1, -0.05) is 60.5 Å². The maximum absolute atomic E-state index is 14.1. The van der Waals surface area contributed by atoms with Crippen molar-refractivity contribution in [1.82, 2.24) is 9.91 Å². The van der Waals surface area contributed by atoms with Gasteiger partial charge in [0.2, 0.25) is 11.8 Å². The van der Waals surface area contributed by atoms with Crippen LogP contribution in [0.25, 0.3) is 0 Å². The number of carbonyl (C=O) groups is 3. The molecule has 0 saturated carbocycles. The molecule has 0 radical (unpaired) electrons. The highest BCUT2D eigenvalue weighted by Gasteiger charge is 2.63. The summed E-state index contributed by atoms with van der Waals surface area (Å²) in [5, 5.41) is 9.74. The molecule has 3 heterocycles. The molecule has 0 aromatic heterocycles. The van der Waals surface area contributed by atoms with Crippen molar-refractivity contribution in [3.63, 3.8) is 0 Å². The minimum absolute atomic E-state index is 0.0595. The second-order valence-electron chi connectivity index (χ2n) is 9.30. The summed E-state index contributed by atoms with van der Waals surface area (Å²) in [6, 6.07) is 12.2. The summed E-state index contributed by atoms with van der Waals surface area (Å²) in [5.41, 5.74) is 7.29. The lowest BCUT2D eigenvalue weighted by Gasteiger charge is -2.54. The van der Waals surface area contributed by atoms with Crippen molar-refractivity contribution >= 4 is 52.4 Å². The predicted molar refractivity (Wildman–Crippen MR) is 139 cm³/mol. The number of rotatable bonds is 5. The highest BCUT2D eigenvalue weighted by molar-refractivity contribution is 6.31. The molecule has 0 bridgehead atoms. The number of nitrogens with one attached hydrogen (secondary N) is 1. The van der Waals surface area contributed by atoms with Crippen molar-refractivity contribution < 1.29 is 14.4 Å². The minimum Gasteiger partial charge on any atom is -0.368 e. The Bertz CT molecular complexity index is 1340. The number of nitrogens with zero attached hydrogens (tertiary/aromatic N) is 3. The third-order valence-corrected chi connectivity index (χ3v) is 7.76. The Kier molecular flexibility index (Phi) is 6.04. The van der Waals surface area contributed by atoms with E-state index in [1.807, 2.05) is 36.1 Å². The first-order chi connectivity index (χ1) is 17.2. The molecule has 186 valence electrons. The number of amides is 3. The van der Waals surface area contributed by atoms with Gasteiger partial charge in [0.25, 0.3) is 5.91 Å². The normalized spacial score (nSPS) is 24.8. The number of primary amides is 1. The van der Waals surface area contributed by atoms with Gasteiger partial charge in [-0.15, -0.1) is 0 Å². The van der Waals surface area contributed by atoms with Crippen LogP contribution in [0, 0.1) is 0 Å². The predicted octanol–water partition coefficient (Wildman–Crippen LogP) is 3.65. The molecule has 2 aromatic carbocycles. The van der Waals surface area contributed by atoms with Crippen LogP contribution in [0.4, 0.5) is 5.69 Å². The van der Waals surface area contributed by atoms with Gasteiger partial charge in [-0.2, -0.15) is 5.10 Å². The van der Waals surface area contributed by atoms with Crippen LogP contribution in [0.5, 0.6) is 0 Å². The van der Waals surface area contributed by atoms with E-state index in [-0.39, 0.29) is 24.9 Å². The van der Waals surface area contributed by atoms with Gasteiger partial charge in [-0.05, 0) is 41.8 Å². The van der Waals surface area contributed by atoms with Crippen molar-refractivity contribution in [2.24, 2.45) is 10.8 Å². The van der Waals surface area contributed by atoms with E-state index in [4.69, 9.17) is 28.9 Å². The summed E-state index contributed by atoms with van der Waals surface area (Å²) in [6.45, 7) is 5.94. The third kappa shape index (κ3) is 3.67. The minimum atomic E-state index is -1.12. The first-order valence-corrected chi connectivity index (χ1v) is 12.4. The van der Waals surface area contributed by atoms with Crippen molar-refractivity contribution in [1.29, 1.82) is 0 Å². The van der Waals surface area contributed by atoms with Gasteiger partial charge in [0.1, 0.15) is 24.3 Å². The van der Waals surface area contributed by atoms with E-state index in [1.54, 1.807) is 18.2 Å². The second kappa shape index (κ2) is 8.94. The number of anilines is 1. The fraction of sp³-hybridized carbons (Fsp3) is 0.308. The van der Waals surface area contributed by atoms with Crippen molar-refractivity contribution in [2.75, 3.05) is 18.4 Å². The Balaban J connectivity index is 1.78. The molecular formula is C26H25Cl2N5O3. The number of hydrogen-bond acceptors (Lipinski definition) is 5. The van der Waals surface area contributed by atoms with Crippen LogP contribution in [0.15, 0.2) is 59.7 Å². The topological polar surface area (TPSA) is 108 Å². The Morgan fingerprint density at radius 3 is 2.67 bits per heavy atom. The largest absolute Gasteiger partial charge is 0.368 e. The standard InChI is InChI=1S/C26H25Cl2N5O3/c1-3-14(2)24-26(18-8-7-17(28)10-20(18)30-25(26)36)19(15-5-4-6-16(27)9-15)11-22-31-33(12-21(29)34)23(35)13-32(22)24/h4-10,19,24H,2-3,11-13H2,1H3,(H2,29,34)(H,30,36)/t19-,24+,26-/m0/s1. The lowest BCUT2D eigenvalue weighted by atomic mass is 9.58. The molecule has 0 aliphatic carbocycles. The zero-order valence-corrected chi connectivity index (χ0v) is 21.1. The molecule has 1 fully saturated rings. The van der Waals surface area contributed by atoms with Gasteiger partial charge in [0.05, 0.1) is 6.04 Å². The number of nitrogens with two attached hydrogens (primary N) is 1. The van der Waals surface area contributed by atoms with Crippen LogP contribution in [0.3, 0.4) is 0 Å². The number of hydrogen-bond donors (Lipinski definition) is 2. The number of carbonyl (C=O) groups excluding carboxylic acids is 3. The monoisotopic (exact) mass is 525 g/mol. The molecule has 2 aromatic rings. The molecule has 5 rings (SSSR count). The Morgan fingerprint density at radius 1 is 1.22 bits per heavy atom. The van der Waals surface area contributed by atoms with Crippen molar-refractivity contribution in [3.05, 3.63) is 75.8 Å². The average Bonchev–Trinajstić information content (AvgIpc) is 3.10. The summed E-state index contributed by atoms with van der Waals surface area (Å²) >= 11 is 12.7. The van der Waals surface area contributed by atoms with Crippen LogP contribution < -0.4 is 11.1 Å². The number of halogens is 2. The smallest absolute Gasteiger partial charge is 0.262 e. The first kappa shape index (κ1) is 24.3. The zero-order valence-electron chi connectivity index (χ0n) is 19.6. The molecule has 3 aliphatic heterocycles. The molecule has 36 heavy (non-hydrogen) atoms. The van der Waals surface area contributed by atoms with E-state index in [2.05, 4.69) is 17.0 Å². The van der Waals surface area contributed by atoms with Crippen LogP contribution in [0.1, 0.15) is 36.8 Å². The summed E-state index contributed by atoms with van der Waals surface area (Å²) in [7, 11) is 0. The highest BCUT2D eigenvalue weighted by atomic mass is 35.5. The summed E-state index contributed by atoms with van der Waals surface area (Å²) in [4.78, 5) is 40.6. The van der Waals surface area contributed by atoms with Crippen LogP contribution in [0.2, 0.25) is 10.0 Å². The van der Waals surface area contributed by atoms with E-state index >= 15 is 0 Å². The molecule has 3 N–H and O–H groups in total. The first-order valence-electron chi connectivity index (χ1n) is 11.6. The summed E-state index contributed by atoms with van der Waals surface area (Å²) in [6.07, 6.45) is 0.903. The third-order valence-electron chi connectivity index (χ3n) is 7.29. The SMILES string of the molecule is C=C(CC)[C@H]1N2CC(=O)N(CC(N)=O)N=C2C[C@@H](c2cccc(Cl)c2)[C@]12C(=O)Nc1cc(Cl)ccc12. The lowest BCUT2D eigenvalue weighted by molar-refractivity contribution is -0.138.